The number of hydrogen-bond acceptors (Lipinski definition) is 5. The average Bonchev–Trinajstić information content (AvgIpc) is 2.91. The molecule has 0 unspecified atom stereocenters. The molecule has 1 aromatic heterocycles. The number of thiophene rings is 1. The van der Waals surface area contributed by atoms with Gasteiger partial charge in [0.25, 0.3) is 0 Å². The number of likely N-dealkylation sites (N-methyl/N-ethyl adjacent to an activating group) is 1. The van der Waals surface area contributed by atoms with Crippen LogP contribution in [0.1, 0.15) is 5.56 Å². The van der Waals surface area contributed by atoms with Crippen LogP contribution in [0.25, 0.3) is 0 Å². The number of benzene rings is 1. The van der Waals surface area contributed by atoms with Crippen LogP contribution in [0.15, 0.2) is 46.0 Å². The van der Waals surface area contributed by atoms with Crippen molar-refractivity contribution < 1.29 is 13.2 Å². The summed E-state index contributed by atoms with van der Waals surface area (Å²) in [6.07, 6.45) is 0. The molecule has 0 bridgehead atoms. The number of sulfonamides is 1. The molecule has 114 valence electrons. The Hall–Kier alpha value is -1.41. The molecular formula is C14H18N2O3S2. The highest BCUT2D eigenvalue weighted by atomic mass is 32.2. The molecule has 0 amide bonds. The Bertz CT molecular complexity index is 652. The van der Waals surface area contributed by atoms with Crippen LogP contribution in [0.4, 0.5) is 0 Å². The second-order valence-corrected chi connectivity index (χ2v) is 7.08. The van der Waals surface area contributed by atoms with E-state index < -0.39 is 10.0 Å². The van der Waals surface area contributed by atoms with Crippen LogP contribution in [-0.2, 0) is 16.6 Å². The van der Waals surface area contributed by atoms with Crippen molar-refractivity contribution in [3.8, 4) is 5.75 Å². The average molecular weight is 326 g/mol. The Morgan fingerprint density at radius 2 is 1.95 bits per heavy atom. The summed E-state index contributed by atoms with van der Waals surface area (Å²) in [6, 6.07) is 8.21. The van der Waals surface area contributed by atoms with E-state index in [1.54, 1.807) is 23.5 Å². The van der Waals surface area contributed by atoms with Gasteiger partial charge in [-0.15, -0.1) is 0 Å². The summed E-state index contributed by atoms with van der Waals surface area (Å²) in [5.41, 5.74) is 1.29. The fraction of sp³-hybridized carbons (Fsp3) is 0.286. The van der Waals surface area contributed by atoms with Gasteiger partial charge in [-0.25, -0.2) is 13.6 Å². The molecule has 2 N–H and O–H groups in total. The lowest BCUT2D eigenvalue weighted by Crippen LogP contribution is -2.23. The minimum atomic E-state index is -3.65. The van der Waals surface area contributed by atoms with Crippen molar-refractivity contribution in [3.63, 3.8) is 0 Å². The smallest absolute Gasteiger partial charge is 0.238 e. The minimum Gasteiger partial charge on any atom is -0.492 e. The van der Waals surface area contributed by atoms with E-state index in [-0.39, 0.29) is 4.90 Å². The maximum atomic E-state index is 11.1. The molecule has 1 aromatic carbocycles. The first kappa shape index (κ1) is 16.0. The molecule has 0 aliphatic carbocycles. The normalized spacial score (nSPS) is 11.8. The minimum absolute atomic E-state index is 0.0874. The summed E-state index contributed by atoms with van der Waals surface area (Å²) >= 11 is 1.69. The first-order chi connectivity index (χ1) is 9.95. The summed E-state index contributed by atoms with van der Waals surface area (Å²) in [6.45, 7) is 2.21. The van der Waals surface area contributed by atoms with Crippen molar-refractivity contribution in [3.05, 3.63) is 46.7 Å². The van der Waals surface area contributed by atoms with Crippen LogP contribution in [0, 0.1) is 0 Å². The zero-order chi connectivity index (χ0) is 15.3. The van der Waals surface area contributed by atoms with Crippen molar-refractivity contribution in [2.24, 2.45) is 5.14 Å². The lowest BCUT2D eigenvalue weighted by Gasteiger charge is -2.16. The highest BCUT2D eigenvalue weighted by Gasteiger charge is 2.07. The van der Waals surface area contributed by atoms with E-state index in [4.69, 9.17) is 9.88 Å². The van der Waals surface area contributed by atoms with Crippen LogP contribution in [0.3, 0.4) is 0 Å². The van der Waals surface area contributed by atoms with Gasteiger partial charge in [-0.2, -0.15) is 11.3 Å². The lowest BCUT2D eigenvalue weighted by molar-refractivity contribution is 0.233. The quantitative estimate of drug-likeness (QED) is 0.843. The fourth-order valence-corrected chi connectivity index (χ4v) is 2.99. The molecule has 0 spiro atoms. The predicted molar refractivity (Wildman–Crippen MR) is 84.0 cm³/mol. The van der Waals surface area contributed by atoms with Crippen molar-refractivity contribution in [1.29, 1.82) is 0 Å². The maximum Gasteiger partial charge on any atom is 0.238 e. The van der Waals surface area contributed by atoms with E-state index in [1.807, 2.05) is 7.05 Å². The molecular weight excluding hydrogens is 308 g/mol. The van der Waals surface area contributed by atoms with Gasteiger partial charge in [-0.1, -0.05) is 0 Å². The van der Waals surface area contributed by atoms with Crippen LogP contribution in [0.2, 0.25) is 0 Å². The second kappa shape index (κ2) is 7.04. The number of hydrogen-bond donors (Lipinski definition) is 1. The number of nitrogens with zero attached hydrogens (tertiary/aromatic N) is 1. The summed E-state index contributed by atoms with van der Waals surface area (Å²) in [5, 5.41) is 9.23. The van der Waals surface area contributed by atoms with E-state index in [1.165, 1.54) is 17.7 Å². The Morgan fingerprint density at radius 3 is 2.52 bits per heavy atom. The molecule has 0 saturated heterocycles. The molecule has 0 aliphatic rings. The molecule has 0 radical (unpaired) electrons. The summed E-state index contributed by atoms with van der Waals surface area (Å²) < 4.78 is 27.8. The third kappa shape index (κ3) is 5.13. The Balaban J connectivity index is 1.78. The highest BCUT2D eigenvalue weighted by Crippen LogP contribution is 2.15. The standard InChI is InChI=1S/C14H18N2O3S2/c1-16(10-12-6-9-20-11-12)7-8-19-13-2-4-14(5-3-13)21(15,17)18/h2-6,9,11H,7-8,10H2,1H3,(H2,15,17,18). The van der Waals surface area contributed by atoms with E-state index in [2.05, 4.69) is 21.7 Å². The van der Waals surface area contributed by atoms with Gasteiger partial charge in [0, 0.05) is 13.1 Å². The van der Waals surface area contributed by atoms with Crippen LogP contribution in [0.5, 0.6) is 5.75 Å². The maximum absolute atomic E-state index is 11.1. The SMILES string of the molecule is CN(CCOc1ccc(S(N)(=O)=O)cc1)Cc1ccsc1. The Morgan fingerprint density at radius 1 is 1.24 bits per heavy atom. The third-order valence-corrected chi connectivity index (χ3v) is 4.59. The predicted octanol–water partition coefficient (Wildman–Crippen LogP) is 1.91. The third-order valence-electron chi connectivity index (χ3n) is 2.93. The van der Waals surface area contributed by atoms with E-state index >= 15 is 0 Å². The zero-order valence-corrected chi connectivity index (χ0v) is 13.4. The van der Waals surface area contributed by atoms with Gasteiger partial charge in [0.1, 0.15) is 12.4 Å². The van der Waals surface area contributed by atoms with Gasteiger partial charge in [0.15, 0.2) is 0 Å². The van der Waals surface area contributed by atoms with Crippen molar-refractivity contribution >= 4 is 21.4 Å². The molecule has 0 saturated carbocycles. The molecule has 0 aliphatic heterocycles. The fourth-order valence-electron chi connectivity index (χ4n) is 1.82. The number of nitrogens with two attached hydrogens (primary N) is 1. The largest absolute Gasteiger partial charge is 0.492 e. The van der Waals surface area contributed by atoms with Crippen molar-refractivity contribution in [2.45, 2.75) is 11.4 Å². The Kier molecular flexibility index (Phi) is 5.35. The van der Waals surface area contributed by atoms with Crippen molar-refractivity contribution in [1.82, 2.24) is 4.90 Å². The second-order valence-electron chi connectivity index (χ2n) is 4.73. The molecule has 2 rings (SSSR count). The topological polar surface area (TPSA) is 72.6 Å². The van der Waals surface area contributed by atoms with Gasteiger partial charge in [0.05, 0.1) is 4.90 Å². The monoisotopic (exact) mass is 326 g/mol. The van der Waals surface area contributed by atoms with E-state index in [0.29, 0.717) is 12.4 Å². The molecule has 21 heavy (non-hydrogen) atoms. The van der Waals surface area contributed by atoms with E-state index in [0.717, 1.165) is 13.1 Å². The molecule has 2 aromatic rings. The van der Waals surface area contributed by atoms with Gasteiger partial charge < -0.3 is 4.74 Å². The molecule has 0 atom stereocenters. The van der Waals surface area contributed by atoms with Gasteiger partial charge in [0.2, 0.25) is 10.0 Å². The van der Waals surface area contributed by atoms with Crippen LogP contribution in [-0.4, -0.2) is 33.5 Å². The first-order valence-electron chi connectivity index (χ1n) is 6.40. The van der Waals surface area contributed by atoms with Gasteiger partial charge in [-0.3, -0.25) is 4.90 Å². The van der Waals surface area contributed by atoms with Gasteiger partial charge >= 0.3 is 0 Å². The molecule has 0 fully saturated rings. The summed E-state index contributed by atoms with van der Waals surface area (Å²) in [5.74, 6) is 0.631. The van der Waals surface area contributed by atoms with Crippen molar-refractivity contribution in [2.75, 3.05) is 20.2 Å². The molecule has 5 nitrogen and oxygen atoms in total. The summed E-state index contributed by atoms with van der Waals surface area (Å²) in [7, 11) is -1.61. The molecule has 7 heteroatoms. The first-order valence-corrected chi connectivity index (χ1v) is 8.89. The Labute approximate surface area is 129 Å². The number of rotatable bonds is 7. The summed E-state index contributed by atoms with van der Waals surface area (Å²) in [4.78, 5) is 2.25. The van der Waals surface area contributed by atoms with Crippen LogP contribution >= 0.6 is 11.3 Å². The van der Waals surface area contributed by atoms with E-state index in [9.17, 15) is 8.42 Å². The number of ether oxygens (including phenoxy) is 1. The molecule has 1 heterocycles. The van der Waals surface area contributed by atoms with Gasteiger partial charge in [-0.05, 0) is 53.7 Å². The van der Waals surface area contributed by atoms with Crippen LogP contribution < -0.4 is 9.88 Å². The zero-order valence-electron chi connectivity index (χ0n) is 11.7. The highest BCUT2D eigenvalue weighted by molar-refractivity contribution is 7.89. The lowest BCUT2D eigenvalue weighted by atomic mass is 10.3. The number of primary sulfonamides is 1.